The molecule has 0 fully saturated rings. The van der Waals surface area contributed by atoms with Crippen LogP contribution in [0.2, 0.25) is 0 Å². The fourth-order valence-electron chi connectivity index (χ4n) is 8.22. The van der Waals surface area contributed by atoms with Crippen molar-refractivity contribution in [2.75, 3.05) is 30.3 Å². The predicted molar refractivity (Wildman–Crippen MR) is 257 cm³/mol. The topological polar surface area (TPSA) is 65.3 Å². The Morgan fingerprint density at radius 3 is 1.83 bits per heavy atom. The van der Waals surface area contributed by atoms with Gasteiger partial charge >= 0.3 is 6.97 Å². The maximum absolute atomic E-state index is 17.8. The minimum atomic E-state index is -4.40. The number of aryl methyl sites for hydroxylation is 2. The number of ether oxygens (including phenoxy) is 1. The van der Waals surface area contributed by atoms with E-state index in [1.54, 1.807) is 0 Å². The van der Waals surface area contributed by atoms with Crippen molar-refractivity contribution in [1.82, 2.24) is 15.1 Å². The molecule has 0 saturated carbocycles. The van der Waals surface area contributed by atoms with E-state index >= 15 is 8.63 Å². The molecule has 4 aromatic rings. The monoisotopic (exact) mass is 850 g/mol. The van der Waals surface area contributed by atoms with Crippen LogP contribution in [0.15, 0.2) is 90.6 Å². The van der Waals surface area contributed by atoms with Gasteiger partial charge in [-0.25, -0.2) is 0 Å². The van der Waals surface area contributed by atoms with Crippen molar-refractivity contribution >= 4 is 64.3 Å². The number of nitrogens with one attached hydrogen (secondary N) is 4. The molecular formula is C48H61BF2N6OS2. The summed E-state index contributed by atoms with van der Waals surface area (Å²) in [6.07, 6.45) is 16.2. The fraction of sp³-hybridized carbons (Fsp3) is 0.396. The van der Waals surface area contributed by atoms with Gasteiger partial charge in [0.25, 0.3) is 0 Å². The Morgan fingerprint density at radius 2 is 1.22 bits per heavy atom. The molecule has 0 bridgehead atoms. The van der Waals surface area contributed by atoms with E-state index in [1.165, 1.54) is 41.1 Å². The van der Waals surface area contributed by atoms with Crippen molar-refractivity contribution in [2.24, 2.45) is 0 Å². The summed E-state index contributed by atoms with van der Waals surface area (Å²) in [5, 5.41) is 14.0. The lowest BCUT2D eigenvalue weighted by molar-refractivity contribution is -0.360. The van der Waals surface area contributed by atoms with Gasteiger partial charge < -0.3 is 43.6 Å². The van der Waals surface area contributed by atoms with Crippen LogP contribution in [0.4, 0.5) is 20.0 Å². The predicted octanol–water partition coefficient (Wildman–Crippen LogP) is 12.1. The highest BCUT2D eigenvalue weighted by atomic mass is 32.1. The molecule has 0 saturated heterocycles. The Hall–Kier alpha value is -4.81. The SMILES string of the molecule is CCCCCCCCCOc1cc(C)c(C2=C3C=CC(c4cccc(NC(=S)NCCCC)c4)=[N+]3[B-](F)(F)n3c2ccc3-c2cccc(NC(=S)NCCCC)c2)c(C)c1. The normalized spacial score (nSPS) is 13.9. The van der Waals surface area contributed by atoms with Crippen LogP contribution in [0.1, 0.15) is 119 Å². The highest BCUT2D eigenvalue weighted by molar-refractivity contribution is 7.80. The van der Waals surface area contributed by atoms with Crippen LogP contribution in [0.5, 0.6) is 5.75 Å². The van der Waals surface area contributed by atoms with Crippen LogP contribution in [-0.4, -0.2) is 51.6 Å². The molecule has 2 aliphatic rings. The summed E-state index contributed by atoms with van der Waals surface area (Å²) in [6, 6.07) is 22.8. The average Bonchev–Trinajstić information content (AvgIpc) is 3.88. The summed E-state index contributed by atoms with van der Waals surface area (Å²) < 4.78 is 44.4. The summed E-state index contributed by atoms with van der Waals surface area (Å²) in [7, 11) is 0. The van der Waals surface area contributed by atoms with Crippen molar-refractivity contribution in [3.05, 3.63) is 119 Å². The van der Waals surface area contributed by atoms with E-state index in [1.807, 2.05) is 72.8 Å². The number of fused-ring (bicyclic) bond motifs is 2. The molecular weight excluding hydrogens is 790 g/mol. The number of hydrogen-bond donors (Lipinski definition) is 4. The Balaban J connectivity index is 1.41. The first-order valence-corrected chi connectivity index (χ1v) is 22.8. The van der Waals surface area contributed by atoms with Crippen molar-refractivity contribution in [3.63, 3.8) is 0 Å². The number of anilines is 2. The van der Waals surface area contributed by atoms with Gasteiger partial charge in [-0.05, 0) is 134 Å². The lowest BCUT2D eigenvalue weighted by Gasteiger charge is -2.34. The van der Waals surface area contributed by atoms with E-state index in [9.17, 15) is 0 Å². The number of allylic oxidation sites excluding steroid dienone is 2. The molecule has 60 heavy (non-hydrogen) atoms. The van der Waals surface area contributed by atoms with Crippen molar-refractivity contribution in [1.29, 1.82) is 0 Å². The fourth-order valence-corrected chi connectivity index (χ4v) is 8.66. The molecule has 318 valence electrons. The summed E-state index contributed by atoms with van der Waals surface area (Å²) >= 11 is 11.1. The lowest BCUT2D eigenvalue weighted by Crippen LogP contribution is -2.51. The zero-order chi connectivity index (χ0) is 42.6. The molecule has 7 nitrogen and oxygen atoms in total. The van der Waals surface area contributed by atoms with Gasteiger partial charge in [0.2, 0.25) is 0 Å². The Bertz CT molecular complexity index is 2240. The average molecular weight is 851 g/mol. The van der Waals surface area contributed by atoms with Gasteiger partial charge in [0.05, 0.1) is 12.2 Å². The number of aromatic nitrogens is 1. The maximum Gasteiger partial charge on any atom is 0.737 e. The van der Waals surface area contributed by atoms with Crippen molar-refractivity contribution in [2.45, 2.75) is 105 Å². The molecule has 4 N–H and O–H groups in total. The third kappa shape index (κ3) is 10.6. The molecule has 0 atom stereocenters. The van der Waals surface area contributed by atoms with Gasteiger partial charge in [-0.1, -0.05) is 90.3 Å². The van der Waals surface area contributed by atoms with Gasteiger partial charge in [-0.2, -0.15) is 0 Å². The van der Waals surface area contributed by atoms with Crippen molar-refractivity contribution < 1.29 is 17.9 Å². The van der Waals surface area contributed by atoms with E-state index in [-0.39, 0.29) is 0 Å². The first kappa shape index (κ1) is 44.7. The highest BCUT2D eigenvalue weighted by Gasteiger charge is 2.55. The molecule has 0 unspecified atom stereocenters. The number of rotatable bonds is 20. The largest absolute Gasteiger partial charge is 0.737 e. The third-order valence-electron chi connectivity index (χ3n) is 11.2. The van der Waals surface area contributed by atoms with Crippen LogP contribution in [0.3, 0.4) is 0 Å². The van der Waals surface area contributed by atoms with Crippen LogP contribution >= 0.6 is 24.4 Å². The molecule has 12 heteroatoms. The standard InChI is InChI=1S/C48H61BF2N6OS2/c1-6-9-12-13-14-15-16-29-58-40-30-34(4)45(35(5)31-40)46-43-25-23-41(36-19-17-21-38(32-36)54-47(59)52-27-10-7-2)56(43)49(50,51)57-42(24-26-44(46)57)37-20-18-22-39(33-37)55-48(60)53-28-11-8-3/h17-26,30-33H,6-16,27-29H2,1-5H3,(H2,52,54,59)(H2,53,55,60). The molecule has 3 heterocycles. The van der Waals surface area contributed by atoms with Gasteiger partial charge in [0.15, 0.2) is 21.6 Å². The summed E-state index contributed by atoms with van der Waals surface area (Å²) in [6.45, 7) is 8.36. The maximum atomic E-state index is 17.8. The molecule has 0 amide bonds. The minimum absolute atomic E-state index is 0.412. The third-order valence-corrected chi connectivity index (χ3v) is 11.7. The van der Waals surface area contributed by atoms with Crippen LogP contribution in [-0.2, 0) is 0 Å². The number of unbranched alkanes of at least 4 members (excludes halogenated alkanes) is 8. The Labute approximate surface area is 366 Å². The second-order valence-corrected chi connectivity index (χ2v) is 16.8. The van der Waals surface area contributed by atoms with Gasteiger partial charge in [-0.15, -0.1) is 0 Å². The number of halogens is 2. The van der Waals surface area contributed by atoms with E-state index in [0.29, 0.717) is 50.8 Å². The molecule has 3 aromatic carbocycles. The van der Waals surface area contributed by atoms with Crippen LogP contribution in [0, 0.1) is 13.8 Å². The quantitative estimate of drug-likeness (QED) is 0.0401. The Kier molecular flexibility index (Phi) is 15.8. The number of hydrogen-bond acceptors (Lipinski definition) is 3. The van der Waals surface area contributed by atoms with E-state index in [0.717, 1.165) is 91.0 Å². The lowest BCUT2D eigenvalue weighted by atomic mass is 9.83. The van der Waals surface area contributed by atoms with Gasteiger partial charge in [0, 0.05) is 53.6 Å². The second-order valence-electron chi connectivity index (χ2n) is 15.9. The first-order valence-electron chi connectivity index (χ1n) is 21.9. The molecule has 0 spiro atoms. The van der Waals surface area contributed by atoms with Crippen LogP contribution in [0.25, 0.3) is 16.8 Å². The summed E-state index contributed by atoms with van der Waals surface area (Å²) in [5.74, 6) is 0.802. The zero-order valence-corrected chi connectivity index (χ0v) is 37.6. The molecule has 1 aromatic heterocycles. The molecule has 2 aliphatic heterocycles. The van der Waals surface area contributed by atoms with E-state index in [4.69, 9.17) is 29.2 Å². The van der Waals surface area contributed by atoms with Crippen LogP contribution < -0.4 is 26.0 Å². The first-order chi connectivity index (χ1) is 29.1. The second kappa shape index (κ2) is 21.1. The smallest absolute Gasteiger partial charge is 0.494 e. The number of nitrogens with zero attached hydrogens (tertiary/aromatic N) is 2. The van der Waals surface area contributed by atoms with Gasteiger partial charge in [-0.3, -0.25) is 0 Å². The Morgan fingerprint density at radius 1 is 0.667 bits per heavy atom. The van der Waals surface area contributed by atoms with E-state index in [2.05, 4.69) is 68.0 Å². The number of thiocarbonyl (C=S) groups is 2. The molecule has 0 radical (unpaired) electrons. The summed E-state index contributed by atoms with van der Waals surface area (Å²) in [4.78, 5) is 0. The highest BCUT2D eigenvalue weighted by Crippen LogP contribution is 2.45. The zero-order valence-electron chi connectivity index (χ0n) is 35.9. The van der Waals surface area contributed by atoms with Crippen molar-refractivity contribution in [3.8, 4) is 17.0 Å². The number of benzene rings is 3. The molecule has 0 aliphatic carbocycles. The van der Waals surface area contributed by atoms with Gasteiger partial charge in [0.1, 0.15) is 5.75 Å². The summed E-state index contributed by atoms with van der Waals surface area (Å²) in [5.41, 5.74) is 8.09. The molecule has 6 rings (SSSR count). The van der Waals surface area contributed by atoms with E-state index < -0.39 is 6.97 Å². The minimum Gasteiger partial charge on any atom is -0.494 e.